The molecule has 112 valence electrons. The van der Waals surface area contributed by atoms with Gasteiger partial charge in [0.1, 0.15) is 5.01 Å². The van der Waals surface area contributed by atoms with Gasteiger partial charge in [-0.1, -0.05) is 37.3 Å². The molecule has 2 aromatic rings. The molecule has 1 aromatic heterocycles. The van der Waals surface area contributed by atoms with Crippen molar-refractivity contribution in [1.82, 2.24) is 15.5 Å². The van der Waals surface area contributed by atoms with Gasteiger partial charge in [0.2, 0.25) is 0 Å². The number of aryl methyl sites for hydroxylation is 1. The maximum atomic E-state index is 11.2. The molecule has 0 fully saturated rings. The van der Waals surface area contributed by atoms with Crippen molar-refractivity contribution in [3.8, 4) is 10.6 Å². The van der Waals surface area contributed by atoms with Crippen LogP contribution in [0.3, 0.4) is 0 Å². The lowest BCUT2D eigenvalue weighted by molar-refractivity contribution is -0.384. The summed E-state index contributed by atoms with van der Waals surface area (Å²) in [5, 5.41) is 24.4. The molecule has 21 heavy (non-hydrogen) atoms. The Morgan fingerprint density at radius 1 is 1.38 bits per heavy atom. The minimum absolute atomic E-state index is 0.0780. The summed E-state index contributed by atoms with van der Waals surface area (Å²) in [7, 11) is 0. The second-order valence-electron chi connectivity index (χ2n) is 4.69. The molecule has 0 radical (unpaired) electrons. The normalized spacial score (nSPS) is 12.3. The van der Waals surface area contributed by atoms with Gasteiger partial charge in [0.25, 0.3) is 5.69 Å². The van der Waals surface area contributed by atoms with Gasteiger partial charge in [0.05, 0.1) is 16.5 Å². The third kappa shape index (κ3) is 3.25. The van der Waals surface area contributed by atoms with Gasteiger partial charge in [-0.15, -0.1) is 10.2 Å². The third-order valence-electron chi connectivity index (χ3n) is 3.26. The molecule has 0 amide bonds. The lowest BCUT2D eigenvalue weighted by Gasteiger charge is -2.11. The maximum absolute atomic E-state index is 11.2. The highest BCUT2D eigenvalue weighted by Crippen LogP contribution is 2.36. The zero-order chi connectivity index (χ0) is 15.4. The van der Waals surface area contributed by atoms with Gasteiger partial charge in [0.15, 0.2) is 5.01 Å². The molecule has 1 heterocycles. The molecule has 0 saturated heterocycles. The molecule has 2 rings (SSSR count). The molecular weight excluding hydrogens is 288 g/mol. The number of nitro groups is 1. The fraction of sp³-hybridized carbons (Fsp3) is 0.429. The molecule has 0 saturated carbocycles. The average Bonchev–Trinajstić information content (AvgIpc) is 2.93. The fourth-order valence-electron chi connectivity index (χ4n) is 2.21. The number of hydrogen-bond acceptors (Lipinski definition) is 6. The molecule has 0 bridgehead atoms. The first-order chi connectivity index (χ1) is 10.1. The highest BCUT2D eigenvalue weighted by Gasteiger charge is 2.22. The molecule has 0 aliphatic heterocycles. The van der Waals surface area contributed by atoms with E-state index >= 15 is 0 Å². The summed E-state index contributed by atoms with van der Waals surface area (Å²) in [5.74, 6) is 0. The number of hydrogen-bond donors (Lipinski definition) is 1. The second-order valence-corrected chi connectivity index (χ2v) is 5.70. The van der Waals surface area contributed by atoms with Gasteiger partial charge < -0.3 is 5.32 Å². The number of aromatic nitrogens is 2. The Morgan fingerprint density at radius 3 is 2.76 bits per heavy atom. The van der Waals surface area contributed by atoms with E-state index in [4.69, 9.17) is 0 Å². The van der Waals surface area contributed by atoms with Crippen molar-refractivity contribution in [2.45, 2.75) is 33.2 Å². The van der Waals surface area contributed by atoms with Crippen molar-refractivity contribution in [2.24, 2.45) is 0 Å². The summed E-state index contributed by atoms with van der Waals surface area (Å²) < 4.78 is 0. The van der Waals surface area contributed by atoms with Crippen LogP contribution >= 0.6 is 11.3 Å². The van der Waals surface area contributed by atoms with Crippen molar-refractivity contribution >= 4 is 17.0 Å². The van der Waals surface area contributed by atoms with E-state index in [-0.39, 0.29) is 16.7 Å². The minimum Gasteiger partial charge on any atom is -0.308 e. The Balaban J connectivity index is 2.45. The fourth-order valence-corrected chi connectivity index (χ4v) is 3.33. The molecule has 0 spiro atoms. The number of nitrogens with one attached hydrogen (secondary N) is 1. The van der Waals surface area contributed by atoms with Gasteiger partial charge >= 0.3 is 0 Å². The van der Waals surface area contributed by atoms with E-state index in [0.717, 1.165) is 23.5 Å². The van der Waals surface area contributed by atoms with Crippen LogP contribution in [0.15, 0.2) is 18.2 Å². The van der Waals surface area contributed by atoms with E-state index in [9.17, 15) is 10.1 Å². The Hall–Kier alpha value is -1.86. The Morgan fingerprint density at radius 2 is 2.14 bits per heavy atom. The molecule has 1 N–H and O–H groups in total. The summed E-state index contributed by atoms with van der Waals surface area (Å²) in [6, 6.07) is 5.19. The highest BCUT2D eigenvalue weighted by molar-refractivity contribution is 7.14. The monoisotopic (exact) mass is 306 g/mol. The van der Waals surface area contributed by atoms with Gasteiger partial charge in [0, 0.05) is 6.07 Å². The molecule has 1 unspecified atom stereocenters. The van der Waals surface area contributed by atoms with Crippen LogP contribution in [0, 0.1) is 17.0 Å². The van der Waals surface area contributed by atoms with Crippen molar-refractivity contribution in [1.29, 1.82) is 0 Å². The predicted molar refractivity (Wildman–Crippen MR) is 83.4 cm³/mol. The minimum atomic E-state index is -0.370. The van der Waals surface area contributed by atoms with Gasteiger partial charge in [-0.05, 0) is 25.5 Å². The average molecular weight is 306 g/mol. The quantitative estimate of drug-likeness (QED) is 0.652. The van der Waals surface area contributed by atoms with Crippen LogP contribution in [0.4, 0.5) is 5.69 Å². The number of benzene rings is 1. The Bertz CT molecular complexity index is 642. The predicted octanol–water partition coefficient (Wildman–Crippen LogP) is 3.48. The van der Waals surface area contributed by atoms with E-state index in [2.05, 4.69) is 22.4 Å². The summed E-state index contributed by atoms with van der Waals surface area (Å²) in [4.78, 5) is 10.8. The first-order valence-electron chi connectivity index (χ1n) is 6.89. The summed E-state index contributed by atoms with van der Waals surface area (Å²) in [6.45, 7) is 6.81. The van der Waals surface area contributed by atoms with Crippen molar-refractivity contribution in [2.75, 3.05) is 6.54 Å². The SMILES string of the molecule is CCNC(CC)c1nnc(-c2c(C)cccc2[N+](=O)[O-])s1. The molecule has 1 atom stereocenters. The van der Waals surface area contributed by atoms with Gasteiger partial charge in [-0.2, -0.15) is 0 Å². The molecular formula is C14H18N4O2S. The van der Waals surface area contributed by atoms with Crippen molar-refractivity contribution in [3.05, 3.63) is 38.9 Å². The number of rotatable bonds is 6. The summed E-state index contributed by atoms with van der Waals surface area (Å²) in [6.07, 6.45) is 0.901. The van der Waals surface area contributed by atoms with E-state index < -0.39 is 0 Å². The molecule has 1 aromatic carbocycles. The van der Waals surface area contributed by atoms with Crippen LogP contribution in [0.5, 0.6) is 0 Å². The molecule has 0 aliphatic rings. The van der Waals surface area contributed by atoms with E-state index in [1.54, 1.807) is 6.07 Å². The first-order valence-corrected chi connectivity index (χ1v) is 7.71. The van der Waals surface area contributed by atoms with Crippen LogP contribution in [-0.4, -0.2) is 21.7 Å². The van der Waals surface area contributed by atoms with Crippen LogP contribution in [0.2, 0.25) is 0 Å². The topological polar surface area (TPSA) is 81.0 Å². The molecule has 7 heteroatoms. The zero-order valence-corrected chi connectivity index (χ0v) is 13.1. The van der Waals surface area contributed by atoms with Gasteiger partial charge in [-0.3, -0.25) is 10.1 Å². The van der Waals surface area contributed by atoms with Crippen LogP contribution < -0.4 is 5.32 Å². The van der Waals surface area contributed by atoms with Crippen LogP contribution in [-0.2, 0) is 0 Å². The highest BCUT2D eigenvalue weighted by atomic mass is 32.1. The largest absolute Gasteiger partial charge is 0.308 e. The van der Waals surface area contributed by atoms with E-state index in [0.29, 0.717) is 10.6 Å². The van der Waals surface area contributed by atoms with E-state index in [1.807, 2.05) is 19.9 Å². The first kappa shape index (κ1) is 15.5. The van der Waals surface area contributed by atoms with Crippen molar-refractivity contribution < 1.29 is 4.92 Å². The summed E-state index contributed by atoms with van der Waals surface area (Å²) >= 11 is 1.42. The van der Waals surface area contributed by atoms with Crippen LogP contribution in [0.1, 0.15) is 36.9 Å². The number of nitro benzene ring substituents is 1. The van der Waals surface area contributed by atoms with Crippen molar-refractivity contribution in [3.63, 3.8) is 0 Å². The Labute approximate surface area is 127 Å². The third-order valence-corrected chi connectivity index (χ3v) is 4.31. The standard InChI is InChI=1S/C14H18N4O2S/c1-4-10(15-5-2)13-16-17-14(21-13)12-9(3)7-6-8-11(12)18(19)20/h6-8,10,15H,4-5H2,1-3H3. The number of nitrogens with zero attached hydrogens (tertiary/aromatic N) is 3. The summed E-state index contributed by atoms with van der Waals surface area (Å²) in [5.41, 5.74) is 1.48. The smallest absolute Gasteiger partial charge is 0.279 e. The second kappa shape index (κ2) is 6.73. The van der Waals surface area contributed by atoms with Gasteiger partial charge in [-0.25, -0.2) is 0 Å². The Kier molecular flexibility index (Phi) is 4.98. The van der Waals surface area contributed by atoms with E-state index in [1.165, 1.54) is 17.4 Å². The van der Waals surface area contributed by atoms with Crippen LogP contribution in [0.25, 0.3) is 10.6 Å². The molecule has 6 nitrogen and oxygen atoms in total. The molecule has 0 aliphatic carbocycles. The maximum Gasteiger partial charge on any atom is 0.279 e. The zero-order valence-electron chi connectivity index (χ0n) is 12.3. The lowest BCUT2D eigenvalue weighted by Crippen LogP contribution is -2.19. The lowest BCUT2D eigenvalue weighted by atomic mass is 10.1.